The number of esters is 3. The van der Waals surface area contributed by atoms with Gasteiger partial charge in [0.1, 0.15) is 5.70 Å². The number of fused-ring (bicyclic) bond motifs is 9. The second-order valence-corrected chi connectivity index (χ2v) is 12.1. The Bertz CT molecular complexity index is 2090. The van der Waals surface area contributed by atoms with Gasteiger partial charge in [0.2, 0.25) is 0 Å². The van der Waals surface area contributed by atoms with Crippen LogP contribution in [0.15, 0.2) is 114 Å². The number of methoxy groups -OCH3 is 3. The molecule has 0 saturated heterocycles. The zero-order chi connectivity index (χ0) is 33.7. The molecular weight excluding hydrogens is 604 g/mol. The van der Waals surface area contributed by atoms with Crippen LogP contribution in [0, 0.1) is 0 Å². The molecule has 2 atom stereocenters. The van der Waals surface area contributed by atoms with Gasteiger partial charge < -0.3 is 24.0 Å². The first-order valence-corrected chi connectivity index (χ1v) is 15.6. The summed E-state index contributed by atoms with van der Waals surface area (Å²) in [6.07, 6.45) is 6.22. The Labute approximate surface area is 279 Å². The van der Waals surface area contributed by atoms with Gasteiger partial charge in [0.15, 0.2) is 0 Å². The number of hydrogen-bond acceptors (Lipinski definition) is 8. The van der Waals surface area contributed by atoms with Crippen LogP contribution in [-0.2, 0) is 29.2 Å². The summed E-state index contributed by atoms with van der Waals surface area (Å²) in [4.78, 5) is 45.3. The van der Waals surface area contributed by atoms with Crippen LogP contribution in [0.5, 0.6) is 0 Å². The number of ether oxygens (including phenoxy) is 3. The van der Waals surface area contributed by atoms with Crippen LogP contribution in [0.1, 0.15) is 32.6 Å². The third-order valence-corrected chi connectivity index (χ3v) is 9.55. The van der Waals surface area contributed by atoms with Crippen LogP contribution in [0.25, 0.3) is 22.8 Å². The van der Waals surface area contributed by atoms with Crippen molar-refractivity contribution < 1.29 is 28.6 Å². The Hall–Kier alpha value is -5.89. The maximum Gasteiger partial charge on any atom is 0.355 e. The van der Waals surface area contributed by atoms with E-state index in [1.807, 2.05) is 73.6 Å². The van der Waals surface area contributed by atoms with Crippen molar-refractivity contribution in [2.45, 2.75) is 11.5 Å². The molecular formula is C40H34N2O6. The van der Waals surface area contributed by atoms with Gasteiger partial charge in [-0.2, -0.15) is 0 Å². The minimum absolute atomic E-state index is 0.0893. The number of carbonyl (C=O) groups excluding carboxylic acids is 3. The monoisotopic (exact) mass is 638 g/mol. The van der Waals surface area contributed by atoms with Crippen LogP contribution in [0.3, 0.4) is 0 Å². The lowest BCUT2D eigenvalue weighted by molar-refractivity contribution is -0.139. The molecule has 0 bridgehead atoms. The maximum atomic E-state index is 14.2. The normalized spacial score (nSPS) is 18.6. The molecule has 240 valence electrons. The van der Waals surface area contributed by atoms with E-state index < -0.39 is 29.4 Å². The van der Waals surface area contributed by atoms with Gasteiger partial charge in [0, 0.05) is 36.6 Å². The van der Waals surface area contributed by atoms with Crippen molar-refractivity contribution >= 4 is 40.9 Å². The smallest absolute Gasteiger partial charge is 0.355 e. The molecule has 2 aliphatic heterocycles. The first-order valence-electron chi connectivity index (χ1n) is 15.6. The molecule has 8 nitrogen and oxygen atoms in total. The molecule has 1 aliphatic carbocycles. The lowest BCUT2D eigenvalue weighted by atomic mass is 9.67. The lowest BCUT2D eigenvalue weighted by Crippen LogP contribution is -2.46. The quantitative estimate of drug-likeness (QED) is 0.177. The van der Waals surface area contributed by atoms with Gasteiger partial charge in [0.25, 0.3) is 0 Å². The molecule has 0 saturated carbocycles. The summed E-state index contributed by atoms with van der Waals surface area (Å²) in [6, 6.07) is 28.5. The van der Waals surface area contributed by atoms with Crippen LogP contribution < -0.4 is 9.80 Å². The molecule has 0 fully saturated rings. The molecule has 0 aromatic heterocycles. The van der Waals surface area contributed by atoms with Gasteiger partial charge in [0.05, 0.1) is 43.9 Å². The van der Waals surface area contributed by atoms with Crippen molar-refractivity contribution in [3.8, 4) is 11.1 Å². The molecule has 7 rings (SSSR count). The van der Waals surface area contributed by atoms with E-state index in [4.69, 9.17) is 14.2 Å². The van der Waals surface area contributed by atoms with Gasteiger partial charge in [-0.3, -0.25) is 0 Å². The SMILES string of the molecule is COC(=O)C1=C(C(=O)OC)C2(c3ccccc3-c3c(C(=O)OC)cccc32)C2C=C(/C=C/c3ccc(N(C)C)cc3)c3ccccc3N12. The molecule has 2 heterocycles. The summed E-state index contributed by atoms with van der Waals surface area (Å²) in [6.45, 7) is 0. The van der Waals surface area contributed by atoms with Crippen molar-refractivity contribution in [1.29, 1.82) is 0 Å². The number of hydrogen-bond donors (Lipinski definition) is 0. The number of allylic oxidation sites excluding steroid dienone is 2. The summed E-state index contributed by atoms with van der Waals surface area (Å²) in [5, 5.41) is 0. The number of carbonyl (C=O) groups is 3. The average molecular weight is 639 g/mol. The topological polar surface area (TPSA) is 85.4 Å². The van der Waals surface area contributed by atoms with Crippen molar-refractivity contribution in [3.63, 3.8) is 0 Å². The molecule has 3 aliphatic rings. The van der Waals surface area contributed by atoms with E-state index >= 15 is 0 Å². The molecule has 4 aromatic rings. The molecule has 48 heavy (non-hydrogen) atoms. The first kappa shape index (κ1) is 30.7. The van der Waals surface area contributed by atoms with Gasteiger partial charge in [-0.15, -0.1) is 0 Å². The van der Waals surface area contributed by atoms with Gasteiger partial charge in [-0.25, -0.2) is 14.4 Å². The summed E-state index contributed by atoms with van der Waals surface area (Å²) >= 11 is 0. The molecule has 0 amide bonds. The van der Waals surface area contributed by atoms with E-state index in [9.17, 15) is 14.4 Å². The molecule has 1 spiro atoms. The highest BCUT2D eigenvalue weighted by molar-refractivity contribution is 6.13. The Morgan fingerprint density at radius 3 is 2.04 bits per heavy atom. The highest BCUT2D eigenvalue weighted by Gasteiger charge is 2.63. The number of rotatable bonds is 6. The Kier molecular flexibility index (Phi) is 7.51. The Balaban J connectivity index is 1.56. The van der Waals surface area contributed by atoms with Crippen molar-refractivity contribution in [2.24, 2.45) is 0 Å². The molecule has 4 aromatic carbocycles. The predicted molar refractivity (Wildman–Crippen MR) is 186 cm³/mol. The first-order chi connectivity index (χ1) is 23.3. The molecule has 0 N–H and O–H groups in total. The largest absolute Gasteiger partial charge is 0.466 e. The van der Waals surface area contributed by atoms with E-state index in [0.29, 0.717) is 16.7 Å². The summed E-state index contributed by atoms with van der Waals surface area (Å²) in [5.41, 5.74) is 6.87. The standard InChI is InChI=1S/C40H34N2O6/c1-41(2)26-21-18-24(19-22-26)17-20-25-23-33-40(30-14-8-6-12-28(30)34-29(37(43)46-3)13-10-15-31(34)40)35(38(44)47-4)36(39(45)48-5)42(33)32-16-9-7-11-27(25)32/h6-23,33H,1-5H3/b20-17+. The van der Waals surface area contributed by atoms with Crippen molar-refractivity contribution in [2.75, 3.05) is 45.2 Å². The van der Waals surface area contributed by atoms with E-state index in [0.717, 1.165) is 39.2 Å². The highest BCUT2D eigenvalue weighted by Crippen LogP contribution is 2.63. The van der Waals surface area contributed by atoms with E-state index in [1.165, 1.54) is 21.3 Å². The lowest BCUT2D eigenvalue weighted by Gasteiger charge is -2.41. The summed E-state index contributed by atoms with van der Waals surface area (Å²) < 4.78 is 16.1. The minimum atomic E-state index is -1.26. The van der Waals surface area contributed by atoms with Crippen LogP contribution in [0.4, 0.5) is 11.4 Å². The maximum absolute atomic E-state index is 14.2. The number of benzene rings is 4. The van der Waals surface area contributed by atoms with Crippen LogP contribution in [-0.4, -0.2) is 59.4 Å². The van der Waals surface area contributed by atoms with Crippen molar-refractivity contribution in [3.05, 3.63) is 142 Å². The third kappa shape index (κ3) is 4.32. The number of para-hydroxylation sites is 1. The zero-order valence-corrected chi connectivity index (χ0v) is 27.3. The zero-order valence-electron chi connectivity index (χ0n) is 27.3. The third-order valence-electron chi connectivity index (χ3n) is 9.55. The van der Waals surface area contributed by atoms with Gasteiger partial charge >= 0.3 is 17.9 Å². The fourth-order valence-electron chi connectivity index (χ4n) is 7.55. The summed E-state index contributed by atoms with van der Waals surface area (Å²) in [7, 11) is 7.96. The number of nitrogens with zero attached hydrogens (tertiary/aromatic N) is 2. The fraction of sp³-hybridized carbons (Fsp3) is 0.175. The second kappa shape index (κ2) is 11.7. The van der Waals surface area contributed by atoms with E-state index in [2.05, 4.69) is 47.4 Å². The number of anilines is 2. The Morgan fingerprint density at radius 2 is 1.35 bits per heavy atom. The van der Waals surface area contributed by atoms with Crippen LogP contribution >= 0.6 is 0 Å². The fourth-order valence-corrected chi connectivity index (χ4v) is 7.55. The average Bonchev–Trinajstić information content (AvgIpc) is 3.60. The molecule has 0 radical (unpaired) electrons. The second-order valence-electron chi connectivity index (χ2n) is 12.1. The summed E-state index contributed by atoms with van der Waals surface area (Å²) in [5.74, 6) is -1.84. The van der Waals surface area contributed by atoms with Crippen molar-refractivity contribution in [1.82, 2.24) is 0 Å². The Morgan fingerprint density at radius 1 is 0.708 bits per heavy atom. The molecule has 2 unspecified atom stereocenters. The highest BCUT2D eigenvalue weighted by atomic mass is 16.5. The van der Waals surface area contributed by atoms with E-state index in [-0.39, 0.29) is 11.3 Å². The molecule has 8 heteroatoms. The van der Waals surface area contributed by atoms with E-state index in [1.54, 1.807) is 12.1 Å². The van der Waals surface area contributed by atoms with Gasteiger partial charge in [-0.05, 0) is 52.1 Å². The predicted octanol–water partition coefficient (Wildman–Crippen LogP) is 6.41. The minimum Gasteiger partial charge on any atom is -0.466 e. The van der Waals surface area contributed by atoms with Gasteiger partial charge in [-0.1, -0.05) is 85.0 Å². The van der Waals surface area contributed by atoms with Crippen LogP contribution in [0.2, 0.25) is 0 Å².